The second-order valence-electron chi connectivity index (χ2n) is 3.36. The van der Waals surface area contributed by atoms with Crippen LogP contribution in [0.2, 0.25) is 0 Å². The molecule has 0 aromatic heterocycles. The Labute approximate surface area is 67.2 Å². The first-order valence-corrected chi connectivity index (χ1v) is 4.08. The fourth-order valence-electron chi connectivity index (χ4n) is 1.79. The van der Waals surface area contributed by atoms with Gasteiger partial charge in [-0.3, -0.25) is 0 Å². The summed E-state index contributed by atoms with van der Waals surface area (Å²) in [6, 6.07) is 8.32. The van der Waals surface area contributed by atoms with Crippen LogP contribution in [-0.4, -0.2) is 0 Å². The molecule has 0 saturated heterocycles. The largest absolute Gasteiger partial charge is 0.249 e. The van der Waals surface area contributed by atoms with Crippen LogP contribution in [0.15, 0.2) is 24.3 Å². The van der Waals surface area contributed by atoms with Crippen molar-refractivity contribution >= 4 is 0 Å². The Hall–Kier alpha value is -0.820. The highest BCUT2D eigenvalue weighted by molar-refractivity contribution is 5.34. The fourth-order valence-corrected chi connectivity index (χ4v) is 1.79. The maximum atomic E-state index is 7.82. The monoisotopic (exact) mass is 146 g/mol. The van der Waals surface area contributed by atoms with Gasteiger partial charge < -0.3 is 0 Å². The molecule has 1 N–H and O–H groups in total. The SMILES string of the molecule is C[C@@H]1Cc2ccccc2[C@@H]1[NH]. The normalized spacial score (nSPS) is 28.5. The molecule has 0 bridgehead atoms. The first-order chi connectivity index (χ1) is 5.29. The van der Waals surface area contributed by atoms with Crippen molar-refractivity contribution in [3.63, 3.8) is 0 Å². The van der Waals surface area contributed by atoms with Crippen LogP contribution < -0.4 is 5.73 Å². The first-order valence-electron chi connectivity index (χ1n) is 4.08. The summed E-state index contributed by atoms with van der Waals surface area (Å²) in [5.41, 5.74) is 10.4. The highest BCUT2D eigenvalue weighted by Crippen LogP contribution is 2.34. The lowest BCUT2D eigenvalue weighted by Gasteiger charge is -2.07. The number of hydrogen-bond acceptors (Lipinski definition) is 0. The second kappa shape index (κ2) is 2.35. The summed E-state index contributed by atoms with van der Waals surface area (Å²) in [4.78, 5) is 0. The van der Waals surface area contributed by atoms with Gasteiger partial charge in [0.1, 0.15) is 0 Å². The van der Waals surface area contributed by atoms with Gasteiger partial charge in [-0.2, -0.15) is 0 Å². The zero-order valence-electron chi connectivity index (χ0n) is 6.67. The quantitative estimate of drug-likeness (QED) is 0.536. The van der Waals surface area contributed by atoms with E-state index in [1.165, 1.54) is 11.1 Å². The van der Waals surface area contributed by atoms with Crippen molar-refractivity contribution in [3.8, 4) is 0 Å². The average molecular weight is 146 g/mol. The molecule has 0 amide bonds. The number of hydrogen-bond donors (Lipinski definition) is 0. The molecular formula is C10H12N. The van der Waals surface area contributed by atoms with Crippen LogP contribution in [0.25, 0.3) is 0 Å². The van der Waals surface area contributed by atoms with E-state index in [4.69, 9.17) is 5.73 Å². The Morgan fingerprint density at radius 1 is 1.36 bits per heavy atom. The van der Waals surface area contributed by atoms with Crippen LogP contribution in [0.1, 0.15) is 24.1 Å². The topological polar surface area (TPSA) is 23.8 Å². The predicted octanol–water partition coefficient (Wildman–Crippen LogP) is 2.20. The summed E-state index contributed by atoms with van der Waals surface area (Å²) < 4.78 is 0. The van der Waals surface area contributed by atoms with E-state index >= 15 is 0 Å². The van der Waals surface area contributed by atoms with Crippen LogP contribution >= 0.6 is 0 Å². The summed E-state index contributed by atoms with van der Waals surface area (Å²) in [6.45, 7) is 2.15. The molecule has 1 aromatic carbocycles. The minimum atomic E-state index is 0.0196. The molecule has 0 heterocycles. The van der Waals surface area contributed by atoms with Gasteiger partial charge in [0, 0.05) is 6.04 Å². The number of rotatable bonds is 0. The fraction of sp³-hybridized carbons (Fsp3) is 0.400. The third-order valence-electron chi connectivity index (χ3n) is 2.50. The molecule has 1 nitrogen and oxygen atoms in total. The van der Waals surface area contributed by atoms with Crippen molar-refractivity contribution in [3.05, 3.63) is 35.4 Å². The van der Waals surface area contributed by atoms with E-state index in [9.17, 15) is 0 Å². The third-order valence-corrected chi connectivity index (χ3v) is 2.50. The molecule has 0 fully saturated rings. The molecule has 11 heavy (non-hydrogen) atoms. The van der Waals surface area contributed by atoms with Crippen molar-refractivity contribution in [2.24, 2.45) is 5.92 Å². The molecule has 1 heteroatoms. The Kier molecular flexibility index (Phi) is 1.46. The van der Waals surface area contributed by atoms with Gasteiger partial charge in [0.2, 0.25) is 0 Å². The zero-order valence-corrected chi connectivity index (χ0v) is 6.67. The molecule has 0 saturated carbocycles. The summed E-state index contributed by atoms with van der Waals surface area (Å²) in [5, 5.41) is 0. The Morgan fingerprint density at radius 2 is 2.09 bits per heavy atom. The van der Waals surface area contributed by atoms with Crippen molar-refractivity contribution < 1.29 is 0 Å². The summed E-state index contributed by atoms with van der Waals surface area (Å²) in [5.74, 6) is 0.507. The van der Waals surface area contributed by atoms with Crippen molar-refractivity contribution in [2.45, 2.75) is 19.4 Å². The minimum Gasteiger partial charge on any atom is -0.249 e. The first kappa shape index (κ1) is 6.86. The number of benzene rings is 1. The molecule has 1 aliphatic rings. The van der Waals surface area contributed by atoms with Gasteiger partial charge in [-0.25, -0.2) is 5.73 Å². The zero-order chi connectivity index (χ0) is 7.84. The lowest BCUT2D eigenvalue weighted by Crippen LogP contribution is -2.03. The van der Waals surface area contributed by atoms with E-state index in [0.29, 0.717) is 5.92 Å². The van der Waals surface area contributed by atoms with Gasteiger partial charge in [0.05, 0.1) is 0 Å². The molecule has 2 rings (SSSR count). The molecule has 1 aromatic rings. The van der Waals surface area contributed by atoms with Crippen LogP contribution in [-0.2, 0) is 6.42 Å². The third kappa shape index (κ3) is 0.962. The maximum absolute atomic E-state index is 7.82. The van der Waals surface area contributed by atoms with E-state index in [-0.39, 0.29) is 6.04 Å². The number of fused-ring (bicyclic) bond motifs is 1. The molecule has 0 spiro atoms. The van der Waals surface area contributed by atoms with Gasteiger partial charge in [-0.1, -0.05) is 31.2 Å². The molecule has 0 aliphatic heterocycles. The maximum Gasteiger partial charge on any atom is 0.0494 e. The van der Waals surface area contributed by atoms with E-state index in [2.05, 4.69) is 25.1 Å². The van der Waals surface area contributed by atoms with Gasteiger partial charge in [-0.05, 0) is 23.5 Å². The van der Waals surface area contributed by atoms with Crippen LogP contribution in [0.4, 0.5) is 0 Å². The van der Waals surface area contributed by atoms with Crippen molar-refractivity contribution in [1.82, 2.24) is 5.73 Å². The lowest BCUT2D eigenvalue weighted by molar-refractivity contribution is 0.501. The standard InChI is InChI=1S/C10H12N/c1-7-6-8-4-2-3-5-9(8)10(7)11/h2-5,7,10-11H,6H2,1H3/t7-,10-/m1/s1. The molecular weight excluding hydrogens is 134 g/mol. The highest BCUT2D eigenvalue weighted by atomic mass is 14.7. The van der Waals surface area contributed by atoms with Gasteiger partial charge in [0.15, 0.2) is 0 Å². The predicted molar refractivity (Wildman–Crippen MR) is 45.1 cm³/mol. The molecule has 1 aliphatic carbocycles. The van der Waals surface area contributed by atoms with E-state index in [1.54, 1.807) is 0 Å². The van der Waals surface area contributed by atoms with E-state index in [1.807, 2.05) is 6.07 Å². The van der Waals surface area contributed by atoms with Crippen molar-refractivity contribution in [1.29, 1.82) is 0 Å². The van der Waals surface area contributed by atoms with Gasteiger partial charge in [0.25, 0.3) is 0 Å². The van der Waals surface area contributed by atoms with E-state index < -0.39 is 0 Å². The Morgan fingerprint density at radius 3 is 2.82 bits per heavy atom. The van der Waals surface area contributed by atoms with Crippen LogP contribution in [0, 0.1) is 5.92 Å². The molecule has 2 atom stereocenters. The lowest BCUT2D eigenvalue weighted by atomic mass is 10.0. The smallest absolute Gasteiger partial charge is 0.0494 e. The summed E-state index contributed by atoms with van der Waals surface area (Å²) in [7, 11) is 0. The van der Waals surface area contributed by atoms with Gasteiger partial charge >= 0.3 is 0 Å². The second-order valence-corrected chi connectivity index (χ2v) is 3.36. The van der Waals surface area contributed by atoms with E-state index in [0.717, 1.165) is 6.42 Å². The minimum absolute atomic E-state index is 0.0196. The number of nitrogens with one attached hydrogen (secondary N) is 1. The van der Waals surface area contributed by atoms with Crippen molar-refractivity contribution in [2.75, 3.05) is 0 Å². The average Bonchev–Trinajstić information content (AvgIpc) is 2.30. The summed E-state index contributed by atoms with van der Waals surface area (Å²) >= 11 is 0. The van der Waals surface area contributed by atoms with Crippen LogP contribution in [0.5, 0.6) is 0 Å². The van der Waals surface area contributed by atoms with Gasteiger partial charge in [-0.15, -0.1) is 0 Å². The molecule has 57 valence electrons. The summed E-state index contributed by atoms with van der Waals surface area (Å²) in [6.07, 6.45) is 1.09. The Balaban J connectivity index is 2.47. The molecule has 0 unspecified atom stereocenters. The highest BCUT2D eigenvalue weighted by Gasteiger charge is 2.25. The molecule has 1 radical (unpaired) electrons. The van der Waals surface area contributed by atoms with Crippen LogP contribution in [0.3, 0.4) is 0 Å². The Bertz CT molecular complexity index is 267.